The molecule has 1 atom stereocenters. The first-order valence-electron chi connectivity index (χ1n) is 12.6. The SMILES string of the molecule is C=C(C)C(=O)OC.C=C(C)c1ccccc1.C=CC(=O)OCC(CC)CCCC.C=Cc1ccccc1. The van der Waals surface area contributed by atoms with Crippen molar-refractivity contribution in [3.05, 3.63) is 110 Å². The van der Waals surface area contributed by atoms with E-state index in [9.17, 15) is 9.59 Å². The standard InChI is InChI=1S/C11H20O2.C9H10.C8H8.C5H8O2/c1-4-7-8-10(5-2)9-13-11(12)6-3;1-8(2)9-6-4-3-5-7-9;1-2-8-6-4-3-5-7-8;1-4(2)5(6)7-3/h6,10H,3-5,7-9H2,1-2H3;3-7H,1H2,2H3;2-7H,1H2;1H2,2-3H3. The normalized spacial score (nSPS) is 9.76. The van der Waals surface area contributed by atoms with Gasteiger partial charge in [-0.2, -0.15) is 0 Å². The van der Waals surface area contributed by atoms with Gasteiger partial charge < -0.3 is 9.47 Å². The molecule has 0 aliphatic carbocycles. The first-order chi connectivity index (χ1) is 17.7. The summed E-state index contributed by atoms with van der Waals surface area (Å²) in [6.45, 7) is 22.6. The molecule has 0 N–H and O–H groups in total. The summed E-state index contributed by atoms with van der Waals surface area (Å²) >= 11 is 0. The lowest BCUT2D eigenvalue weighted by molar-refractivity contribution is -0.139. The van der Waals surface area contributed by atoms with E-state index in [4.69, 9.17) is 4.74 Å². The number of allylic oxidation sites excluding steroid dienone is 1. The molecule has 2 aromatic rings. The summed E-state index contributed by atoms with van der Waals surface area (Å²) in [7, 11) is 1.33. The fourth-order valence-electron chi connectivity index (χ4n) is 2.64. The molecule has 0 saturated heterocycles. The van der Waals surface area contributed by atoms with Crippen LogP contribution in [0.4, 0.5) is 0 Å². The number of rotatable bonds is 10. The highest BCUT2D eigenvalue weighted by Crippen LogP contribution is 2.12. The summed E-state index contributed by atoms with van der Waals surface area (Å²) in [4.78, 5) is 21.0. The van der Waals surface area contributed by atoms with E-state index in [0.29, 0.717) is 18.1 Å². The van der Waals surface area contributed by atoms with Crippen LogP contribution in [0, 0.1) is 5.92 Å². The third-order valence-electron chi connectivity index (χ3n) is 5.01. The molecule has 37 heavy (non-hydrogen) atoms. The van der Waals surface area contributed by atoms with Crippen LogP contribution in [0.15, 0.2) is 98.6 Å². The molecule has 0 amide bonds. The van der Waals surface area contributed by atoms with Gasteiger partial charge >= 0.3 is 11.9 Å². The van der Waals surface area contributed by atoms with Gasteiger partial charge in [0.05, 0.1) is 13.7 Å². The summed E-state index contributed by atoms with van der Waals surface area (Å²) in [5, 5.41) is 0. The molecular weight excluding hydrogens is 460 g/mol. The quantitative estimate of drug-likeness (QED) is 0.239. The second kappa shape index (κ2) is 24.1. The molecule has 4 heteroatoms. The highest BCUT2D eigenvalue weighted by molar-refractivity contribution is 5.86. The Morgan fingerprint density at radius 3 is 1.76 bits per heavy atom. The van der Waals surface area contributed by atoms with Gasteiger partial charge in [0.1, 0.15) is 0 Å². The van der Waals surface area contributed by atoms with Crippen molar-refractivity contribution in [1.29, 1.82) is 0 Å². The predicted octanol–water partition coefficient (Wildman–Crippen LogP) is 8.72. The van der Waals surface area contributed by atoms with Crippen molar-refractivity contribution in [3.8, 4) is 0 Å². The lowest BCUT2D eigenvalue weighted by Gasteiger charge is -2.13. The van der Waals surface area contributed by atoms with E-state index in [-0.39, 0.29) is 11.9 Å². The zero-order valence-electron chi connectivity index (χ0n) is 23.5. The predicted molar refractivity (Wildman–Crippen MR) is 159 cm³/mol. The van der Waals surface area contributed by atoms with Crippen molar-refractivity contribution in [2.45, 2.75) is 53.4 Å². The van der Waals surface area contributed by atoms with E-state index in [0.717, 1.165) is 18.4 Å². The highest BCUT2D eigenvalue weighted by Gasteiger charge is 2.07. The van der Waals surface area contributed by atoms with E-state index in [1.54, 1.807) is 6.92 Å². The Hall–Kier alpha value is -3.66. The maximum Gasteiger partial charge on any atom is 0.332 e. The maximum absolute atomic E-state index is 10.8. The van der Waals surface area contributed by atoms with E-state index < -0.39 is 0 Å². The van der Waals surface area contributed by atoms with Gasteiger partial charge in [-0.25, -0.2) is 9.59 Å². The molecule has 0 spiro atoms. The molecule has 2 aromatic carbocycles. The van der Waals surface area contributed by atoms with Gasteiger partial charge in [-0.1, -0.05) is 132 Å². The van der Waals surface area contributed by atoms with Gasteiger partial charge in [-0.15, -0.1) is 0 Å². The van der Waals surface area contributed by atoms with Crippen LogP contribution in [0.3, 0.4) is 0 Å². The molecular formula is C33H46O4. The third-order valence-corrected chi connectivity index (χ3v) is 5.01. The van der Waals surface area contributed by atoms with Crippen molar-refractivity contribution in [2.75, 3.05) is 13.7 Å². The molecule has 4 nitrogen and oxygen atoms in total. The van der Waals surface area contributed by atoms with Gasteiger partial charge in [0, 0.05) is 11.6 Å². The molecule has 0 radical (unpaired) electrons. The summed E-state index contributed by atoms with van der Waals surface area (Å²) in [6, 6.07) is 20.2. The lowest BCUT2D eigenvalue weighted by Crippen LogP contribution is -2.12. The van der Waals surface area contributed by atoms with Crippen LogP contribution in [0.1, 0.15) is 64.5 Å². The Bertz CT molecular complexity index is 914. The van der Waals surface area contributed by atoms with Crippen LogP contribution in [0.25, 0.3) is 11.6 Å². The molecule has 2 rings (SSSR count). The van der Waals surface area contributed by atoms with Crippen molar-refractivity contribution in [2.24, 2.45) is 5.92 Å². The van der Waals surface area contributed by atoms with E-state index in [2.05, 4.69) is 57.0 Å². The zero-order chi connectivity index (χ0) is 28.5. The van der Waals surface area contributed by atoms with Crippen molar-refractivity contribution < 1.29 is 19.1 Å². The number of esters is 2. The minimum Gasteiger partial charge on any atom is -0.466 e. The Balaban J connectivity index is 0. The van der Waals surface area contributed by atoms with Gasteiger partial charge in [0.25, 0.3) is 0 Å². The first-order valence-corrected chi connectivity index (χ1v) is 12.6. The average Bonchev–Trinajstić information content (AvgIpc) is 2.94. The Morgan fingerprint density at radius 2 is 1.46 bits per heavy atom. The van der Waals surface area contributed by atoms with Gasteiger partial charge in [-0.3, -0.25) is 0 Å². The molecule has 202 valence electrons. The van der Waals surface area contributed by atoms with Crippen molar-refractivity contribution >= 4 is 23.6 Å². The number of benzene rings is 2. The molecule has 1 unspecified atom stereocenters. The second-order valence-corrected chi connectivity index (χ2v) is 8.28. The molecule has 0 saturated carbocycles. The number of hydrogen-bond acceptors (Lipinski definition) is 4. The summed E-state index contributed by atoms with van der Waals surface area (Å²) < 4.78 is 9.26. The van der Waals surface area contributed by atoms with Crippen molar-refractivity contribution in [3.63, 3.8) is 0 Å². The number of ether oxygens (including phenoxy) is 2. The van der Waals surface area contributed by atoms with Crippen LogP contribution < -0.4 is 0 Å². The Kier molecular flexibility index (Phi) is 23.1. The van der Waals surface area contributed by atoms with Crippen LogP contribution in [0.5, 0.6) is 0 Å². The fraction of sp³-hybridized carbons (Fsp3) is 0.333. The summed E-state index contributed by atoms with van der Waals surface area (Å²) in [5.41, 5.74) is 3.95. The minimum atomic E-state index is -0.347. The number of carbonyl (C=O) groups is 2. The van der Waals surface area contributed by atoms with Crippen LogP contribution in [-0.4, -0.2) is 25.7 Å². The Labute approximate surface area is 225 Å². The largest absolute Gasteiger partial charge is 0.466 e. The molecule has 0 fully saturated rings. The average molecular weight is 507 g/mol. The van der Waals surface area contributed by atoms with Crippen LogP contribution in [0.2, 0.25) is 0 Å². The number of carbonyl (C=O) groups excluding carboxylic acids is 2. The molecule has 0 heterocycles. The maximum atomic E-state index is 10.8. The second-order valence-electron chi connectivity index (χ2n) is 8.28. The zero-order valence-corrected chi connectivity index (χ0v) is 23.5. The first kappa shape index (κ1) is 35.5. The molecule has 0 aliphatic rings. The van der Waals surface area contributed by atoms with Gasteiger partial charge in [0.2, 0.25) is 0 Å². The van der Waals surface area contributed by atoms with E-state index >= 15 is 0 Å². The molecule has 0 aromatic heterocycles. The Morgan fingerprint density at radius 1 is 0.919 bits per heavy atom. The number of hydrogen-bond donors (Lipinski definition) is 0. The van der Waals surface area contributed by atoms with Gasteiger partial charge in [0.15, 0.2) is 0 Å². The molecule has 0 aliphatic heterocycles. The van der Waals surface area contributed by atoms with Gasteiger partial charge in [-0.05, 0) is 37.3 Å². The number of methoxy groups -OCH3 is 1. The third kappa shape index (κ3) is 21.4. The topological polar surface area (TPSA) is 52.6 Å². The van der Waals surface area contributed by atoms with Crippen LogP contribution >= 0.6 is 0 Å². The fourth-order valence-corrected chi connectivity index (χ4v) is 2.64. The van der Waals surface area contributed by atoms with E-state index in [1.165, 1.54) is 37.2 Å². The van der Waals surface area contributed by atoms with Crippen molar-refractivity contribution in [1.82, 2.24) is 0 Å². The molecule has 0 bridgehead atoms. The van der Waals surface area contributed by atoms with Crippen LogP contribution in [-0.2, 0) is 19.1 Å². The minimum absolute atomic E-state index is 0.310. The lowest BCUT2D eigenvalue weighted by atomic mass is 10.0. The van der Waals surface area contributed by atoms with E-state index in [1.807, 2.05) is 61.5 Å². The summed E-state index contributed by atoms with van der Waals surface area (Å²) in [5.74, 6) is -0.140. The highest BCUT2D eigenvalue weighted by atomic mass is 16.5. The monoisotopic (exact) mass is 506 g/mol. The summed E-state index contributed by atoms with van der Waals surface area (Å²) in [6.07, 6.45) is 7.68. The number of unbranched alkanes of at least 4 members (excludes halogenated alkanes) is 1. The smallest absolute Gasteiger partial charge is 0.332 e.